The minimum atomic E-state index is -0.471. The fourth-order valence-electron chi connectivity index (χ4n) is 2.23. The topological polar surface area (TPSA) is 64.3 Å². The lowest BCUT2D eigenvalue weighted by Crippen LogP contribution is -2.37. The van der Waals surface area contributed by atoms with Crippen molar-refractivity contribution in [1.82, 2.24) is 5.32 Å². The minimum absolute atomic E-state index is 0.190. The van der Waals surface area contributed by atoms with Gasteiger partial charge < -0.3 is 10.5 Å². The second-order valence-corrected chi connectivity index (χ2v) is 5.74. The van der Waals surface area contributed by atoms with E-state index < -0.39 is 6.04 Å². The van der Waals surface area contributed by atoms with Gasteiger partial charge in [-0.2, -0.15) is 0 Å². The molecule has 104 valence electrons. The molecule has 0 radical (unpaired) electrons. The summed E-state index contributed by atoms with van der Waals surface area (Å²) in [4.78, 5) is 11.6. The fraction of sp³-hybridized carbons (Fsp3) is 0.500. The maximum atomic E-state index is 11.6. The number of halogens is 1. The van der Waals surface area contributed by atoms with Crippen LogP contribution in [0.3, 0.4) is 0 Å². The molecular formula is C14H19BrN2O2. The highest BCUT2D eigenvalue weighted by atomic mass is 79.9. The first-order chi connectivity index (χ1) is 9.08. The second kappa shape index (κ2) is 6.50. The zero-order valence-electron chi connectivity index (χ0n) is 11.0. The molecule has 1 aromatic rings. The summed E-state index contributed by atoms with van der Waals surface area (Å²) < 4.78 is 6.52. The number of amides is 1. The molecule has 0 aromatic heterocycles. The third-order valence-corrected chi connectivity index (χ3v) is 4.24. The molecule has 2 unspecified atom stereocenters. The molecule has 2 rings (SSSR count). The van der Waals surface area contributed by atoms with Gasteiger partial charge in [-0.25, -0.2) is 0 Å². The van der Waals surface area contributed by atoms with E-state index in [9.17, 15) is 4.79 Å². The summed E-state index contributed by atoms with van der Waals surface area (Å²) in [7, 11) is 0. The van der Waals surface area contributed by atoms with Crippen molar-refractivity contribution in [3.63, 3.8) is 0 Å². The first-order valence-electron chi connectivity index (χ1n) is 6.48. The fourth-order valence-corrected chi connectivity index (χ4v) is 2.62. The molecule has 0 spiro atoms. The van der Waals surface area contributed by atoms with Crippen LogP contribution in [0.25, 0.3) is 0 Å². The van der Waals surface area contributed by atoms with E-state index in [2.05, 4.69) is 21.2 Å². The quantitative estimate of drug-likeness (QED) is 0.870. The van der Waals surface area contributed by atoms with Gasteiger partial charge in [0.25, 0.3) is 0 Å². The number of hydrogen-bond acceptors (Lipinski definition) is 3. The number of nitrogens with two attached hydrogens (primary N) is 1. The molecule has 1 saturated heterocycles. The molecule has 0 aliphatic carbocycles. The molecule has 5 heteroatoms. The van der Waals surface area contributed by atoms with Gasteiger partial charge in [0, 0.05) is 17.6 Å². The van der Waals surface area contributed by atoms with Gasteiger partial charge in [-0.05, 0) is 37.0 Å². The minimum Gasteiger partial charge on any atom is -0.377 e. The number of aryl methyl sites for hydroxylation is 1. The van der Waals surface area contributed by atoms with Crippen LogP contribution < -0.4 is 11.1 Å². The summed E-state index contributed by atoms with van der Waals surface area (Å²) in [6, 6.07) is 5.37. The highest BCUT2D eigenvalue weighted by molar-refractivity contribution is 9.10. The van der Waals surface area contributed by atoms with Crippen molar-refractivity contribution in [2.45, 2.75) is 31.9 Å². The molecule has 1 fully saturated rings. The Morgan fingerprint density at radius 1 is 1.63 bits per heavy atom. The van der Waals surface area contributed by atoms with E-state index in [-0.39, 0.29) is 12.0 Å². The average molecular weight is 327 g/mol. The molecule has 4 nitrogen and oxygen atoms in total. The predicted molar refractivity (Wildman–Crippen MR) is 77.8 cm³/mol. The second-order valence-electron chi connectivity index (χ2n) is 4.89. The lowest BCUT2D eigenvalue weighted by Gasteiger charge is -2.19. The van der Waals surface area contributed by atoms with Gasteiger partial charge >= 0.3 is 0 Å². The summed E-state index contributed by atoms with van der Waals surface area (Å²) >= 11 is 3.48. The van der Waals surface area contributed by atoms with Crippen LogP contribution in [-0.2, 0) is 9.53 Å². The van der Waals surface area contributed by atoms with Crippen LogP contribution in [0, 0.1) is 6.92 Å². The van der Waals surface area contributed by atoms with E-state index >= 15 is 0 Å². The van der Waals surface area contributed by atoms with Crippen molar-refractivity contribution in [2.24, 2.45) is 5.73 Å². The number of nitrogens with one attached hydrogen (secondary N) is 1. The van der Waals surface area contributed by atoms with Crippen LogP contribution in [0.1, 0.15) is 30.0 Å². The molecule has 3 N–H and O–H groups in total. The molecule has 0 saturated carbocycles. The molecule has 1 aliphatic heterocycles. The molecule has 19 heavy (non-hydrogen) atoms. The molecule has 2 atom stereocenters. The monoisotopic (exact) mass is 326 g/mol. The lowest BCUT2D eigenvalue weighted by atomic mass is 10.0. The highest BCUT2D eigenvalue weighted by Crippen LogP contribution is 2.22. The van der Waals surface area contributed by atoms with E-state index in [0.717, 1.165) is 35.0 Å². The van der Waals surface area contributed by atoms with E-state index in [1.807, 2.05) is 25.1 Å². The van der Waals surface area contributed by atoms with Crippen molar-refractivity contribution in [2.75, 3.05) is 13.2 Å². The third-order valence-electron chi connectivity index (χ3n) is 3.39. The van der Waals surface area contributed by atoms with Crippen LogP contribution in [0.15, 0.2) is 22.7 Å². The number of benzene rings is 1. The van der Waals surface area contributed by atoms with Gasteiger partial charge in [0.2, 0.25) is 5.91 Å². The van der Waals surface area contributed by atoms with Crippen LogP contribution in [0.4, 0.5) is 0 Å². The van der Waals surface area contributed by atoms with Gasteiger partial charge in [0.15, 0.2) is 0 Å². The maximum Gasteiger partial charge on any atom is 0.239 e. The Balaban J connectivity index is 2.05. The van der Waals surface area contributed by atoms with Gasteiger partial charge in [-0.1, -0.05) is 28.1 Å². The number of hydrogen-bond donors (Lipinski definition) is 2. The Morgan fingerprint density at radius 3 is 3.00 bits per heavy atom. The molecule has 1 amide bonds. The molecule has 0 bridgehead atoms. The Labute approximate surface area is 121 Å². The number of carbonyl (C=O) groups excluding carboxylic acids is 1. The largest absolute Gasteiger partial charge is 0.377 e. The van der Waals surface area contributed by atoms with Crippen molar-refractivity contribution in [3.05, 3.63) is 33.8 Å². The van der Waals surface area contributed by atoms with Crippen LogP contribution in [0.5, 0.6) is 0 Å². The average Bonchev–Trinajstić information content (AvgIpc) is 2.86. The Kier molecular flexibility index (Phi) is 4.96. The molecular weight excluding hydrogens is 308 g/mol. The standard InChI is InChI=1S/C14H19BrN2O2/c1-9-4-5-10(7-12(9)15)13(14(16)18)17-8-11-3-2-6-19-11/h4-5,7,11,13,17H,2-3,6,8H2,1H3,(H2,16,18). The van der Waals surface area contributed by atoms with E-state index in [0.29, 0.717) is 6.54 Å². The number of carbonyl (C=O) groups is 1. The van der Waals surface area contributed by atoms with Gasteiger partial charge in [-0.15, -0.1) is 0 Å². The van der Waals surface area contributed by atoms with Crippen molar-refractivity contribution < 1.29 is 9.53 Å². The SMILES string of the molecule is Cc1ccc(C(NCC2CCCO2)C(N)=O)cc1Br. The first-order valence-corrected chi connectivity index (χ1v) is 7.27. The summed E-state index contributed by atoms with van der Waals surface area (Å²) in [6.45, 7) is 3.47. The summed E-state index contributed by atoms with van der Waals surface area (Å²) in [5.41, 5.74) is 7.49. The molecule has 1 aromatic carbocycles. The number of ether oxygens (including phenoxy) is 1. The van der Waals surface area contributed by atoms with Crippen LogP contribution in [0.2, 0.25) is 0 Å². The van der Waals surface area contributed by atoms with E-state index in [4.69, 9.17) is 10.5 Å². The highest BCUT2D eigenvalue weighted by Gasteiger charge is 2.21. The maximum absolute atomic E-state index is 11.6. The zero-order valence-corrected chi connectivity index (χ0v) is 12.6. The van der Waals surface area contributed by atoms with Crippen LogP contribution >= 0.6 is 15.9 Å². The summed E-state index contributed by atoms with van der Waals surface area (Å²) in [5, 5.41) is 3.20. The summed E-state index contributed by atoms with van der Waals surface area (Å²) in [6.07, 6.45) is 2.32. The lowest BCUT2D eigenvalue weighted by molar-refractivity contribution is -0.120. The van der Waals surface area contributed by atoms with Gasteiger partial charge in [0.1, 0.15) is 6.04 Å². The number of primary amides is 1. The van der Waals surface area contributed by atoms with Crippen molar-refractivity contribution in [3.8, 4) is 0 Å². The van der Waals surface area contributed by atoms with Gasteiger partial charge in [0.05, 0.1) is 6.10 Å². The van der Waals surface area contributed by atoms with Gasteiger partial charge in [-0.3, -0.25) is 10.1 Å². The normalized spacial score (nSPS) is 20.4. The number of rotatable bonds is 5. The third kappa shape index (κ3) is 3.78. The zero-order chi connectivity index (χ0) is 13.8. The Hall–Kier alpha value is -0.910. The molecule has 1 heterocycles. The molecule has 1 aliphatic rings. The summed E-state index contributed by atoms with van der Waals surface area (Å²) in [5.74, 6) is -0.367. The van der Waals surface area contributed by atoms with Crippen molar-refractivity contribution >= 4 is 21.8 Å². The Bertz CT molecular complexity index is 459. The van der Waals surface area contributed by atoms with E-state index in [1.54, 1.807) is 0 Å². The Morgan fingerprint density at radius 2 is 2.42 bits per heavy atom. The van der Waals surface area contributed by atoms with Crippen molar-refractivity contribution in [1.29, 1.82) is 0 Å². The smallest absolute Gasteiger partial charge is 0.239 e. The first kappa shape index (κ1) is 14.5. The predicted octanol–water partition coefficient (Wildman–Crippen LogP) is 2.05. The van der Waals surface area contributed by atoms with E-state index in [1.165, 1.54) is 0 Å². The van der Waals surface area contributed by atoms with Crippen LogP contribution in [-0.4, -0.2) is 25.2 Å².